The number of carbonyl (C=O) groups excluding carboxylic acids is 1. The summed E-state index contributed by atoms with van der Waals surface area (Å²) in [5.41, 5.74) is -0.0606. The monoisotopic (exact) mass is 346 g/mol. The Morgan fingerprint density at radius 3 is 2.26 bits per heavy atom. The first-order chi connectivity index (χ1) is 10.8. The molecule has 1 aromatic carbocycles. The second-order valence-electron chi connectivity index (χ2n) is 5.66. The van der Waals surface area contributed by atoms with Crippen LogP contribution < -0.4 is 4.31 Å². The number of anilines is 1. The Labute approximate surface area is 134 Å². The van der Waals surface area contributed by atoms with Crippen molar-refractivity contribution in [2.24, 2.45) is 0 Å². The summed E-state index contributed by atoms with van der Waals surface area (Å²) in [6, 6.07) is 2.78. The molecule has 0 bridgehead atoms. The number of hydrogen-bond donors (Lipinski definition) is 0. The molecule has 1 aromatic rings. The van der Waals surface area contributed by atoms with Crippen molar-refractivity contribution >= 4 is 21.6 Å². The van der Waals surface area contributed by atoms with E-state index in [0.29, 0.717) is 13.1 Å². The summed E-state index contributed by atoms with van der Waals surface area (Å²) in [6.07, 6.45) is 4.79. The zero-order valence-electron chi connectivity index (χ0n) is 13.0. The van der Waals surface area contributed by atoms with Gasteiger partial charge in [0.05, 0.1) is 11.9 Å². The molecule has 0 N–H and O–H groups in total. The second-order valence-corrected chi connectivity index (χ2v) is 7.57. The standard InChI is InChI=1S/C15H20F2N2O3S/c1-23(21,22)19(12-6-7-13(16)14(17)10-12)11-15(20)18-8-4-2-3-5-9-18/h6-7,10H,2-5,8-9,11H2,1H3. The highest BCUT2D eigenvalue weighted by Gasteiger charge is 2.25. The summed E-state index contributed by atoms with van der Waals surface area (Å²) in [6.45, 7) is 0.770. The van der Waals surface area contributed by atoms with Crippen LogP contribution in [-0.2, 0) is 14.8 Å². The Hall–Kier alpha value is -1.70. The third kappa shape index (κ3) is 4.63. The van der Waals surface area contributed by atoms with Crippen molar-refractivity contribution in [3.8, 4) is 0 Å². The van der Waals surface area contributed by atoms with E-state index in [1.54, 1.807) is 4.90 Å². The fourth-order valence-electron chi connectivity index (χ4n) is 2.58. The summed E-state index contributed by atoms with van der Waals surface area (Å²) < 4.78 is 51.1. The van der Waals surface area contributed by atoms with Crippen LogP contribution >= 0.6 is 0 Å². The Bertz CT molecular complexity index is 671. The maximum absolute atomic E-state index is 13.4. The summed E-state index contributed by atoms with van der Waals surface area (Å²) in [5.74, 6) is -2.55. The first kappa shape index (κ1) is 17.7. The van der Waals surface area contributed by atoms with E-state index in [4.69, 9.17) is 0 Å². The molecular formula is C15H20F2N2O3S. The highest BCUT2D eigenvalue weighted by atomic mass is 32.2. The summed E-state index contributed by atoms with van der Waals surface area (Å²) in [5, 5.41) is 0. The van der Waals surface area contributed by atoms with Crippen molar-refractivity contribution in [3.63, 3.8) is 0 Å². The summed E-state index contributed by atoms with van der Waals surface area (Å²) in [4.78, 5) is 14.0. The molecule has 5 nitrogen and oxygen atoms in total. The van der Waals surface area contributed by atoms with Gasteiger partial charge in [0.1, 0.15) is 6.54 Å². The van der Waals surface area contributed by atoms with Crippen molar-refractivity contribution in [2.45, 2.75) is 25.7 Å². The molecule has 128 valence electrons. The minimum Gasteiger partial charge on any atom is -0.341 e. The molecule has 0 aliphatic carbocycles. The number of rotatable bonds is 4. The number of amides is 1. The van der Waals surface area contributed by atoms with Crippen molar-refractivity contribution in [2.75, 3.05) is 30.2 Å². The average Bonchev–Trinajstić information content (AvgIpc) is 2.75. The first-order valence-corrected chi connectivity index (χ1v) is 9.34. The molecular weight excluding hydrogens is 326 g/mol. The molecule has 23 heavy (non-hydrogen) atoms. The Morgan fingerprint density at radius 1 is 1.13 bits per heavy atom. The number of nitrogens with zero attached hydrogens (tertiary/aromatic N) is 2. The number of likely N-dealkylation sites (tertiary alicyclic amines) is 1. The van der Waals surface area contributed by atoms with Gasteiger partial charge in [-0.3, -0.25) is 9.10 Å². The molecule has 1 aliphatic rings. The van der Waals surface area contributed by atoms with Crippen LogP contribution in [0.5, 0.6) is 0 Å². The van der Waals surface area contributed by atoms with E-state index in [2.05, 4.69) is 0 Å². The van der Waals surface area contributed by atoms with Gasteiger partial charge in [0.2, 0.25) is 15.9 Å². The molecule has 8 heteroatoms. The normalized spacial score (nSPS) is 16.0. The molecule has 1 aliphatic heterocycles. The maximum atomic E-state index is 13.4. The third-order valence-electron chi connectivity index (χ3n) is 3.83. The van der Waals surface area contributed by atoms with E-state index < -0.39 is 28.2 Å². The van der Waals surface area contributed by atoms with Gasteiger partial charge in [0.25, 0.3) is 0 Å². The van der Waals surface area contributed by atoms with Gasteiger partial charge in [-0.1, -0.05) is 12.8 Å². The van der Waals surface area contributed by atoms with E-state index in [9.17, 15) is 22.0 Å². The van der Waals surface area contributed by atoms with Crippen LogP contribution in [0.2, 0.25) is 0 Å². The smallest absolute Gasteiger partial charge is 0.243 e. The molecule has 0 spiro atoms. The van der Waals surface area contributed by atoms with Gasteiger partial charge in [-0.15, -0.1) is 0 Å². The fourth-order valence-corrected chi connectivity index (χ4v) is 3.42. The Balaban J connectivity index is 2.22. The molecule has 2 rings (SSSR count). The zero-order chi connectivity index (χ0) is 17.0. The highest BCUT2D eigenvalue weighted by molar-refractivity contribution is 7.92. The van der Waals surface area contributed by atoms with Crippen LogP contribution in [0.3, 0.4) is 0 Å². The van der Waals surface area contributed by atoms with Gasteiger partial charge < -0.3 is 4.90 Å². The summed E-state index contributed by atoms with van der Waals surface area (Å²) in [7, 11) is -3.79. The van der Waals surface area contributed by atoms with Crippen molar-refractivity contribution < 1.29 is 22.0 Å². The predicted octanol–water partition coefficient (Wildman–Crippen LogP) is 2.13. The second kappa shape index (κ2) is 7.25. The lowest BCUT2D eigenvalue weighted by atomic mass is 10.2. The van der Waals surface area contributed by atoms with Crippen LogP contribution in [0.25, 0.3) is 0 Å². The quantitative estimate of drug-likeness (QED) is 0.839. The molecule has 1 saturated heterocycles. The van der Waals surface area contributed by atoms with Crippen molar-refractivity contribution in [1.29, 1.82) is 0 Å². The van der Waals surface area contributed by atoms with Gasteiger partial charge in [-0.05, 0) is 25.0 Å². The predicted molar refractivity (Wildman–Crippen MR) is 83.6 cm³/mol. The number of benzene rings is 1. The van der Waals surface area contributed by atoms with Gasteiger partial charge in [-0.2, -0.15) is 0 Å². The van der Waals surface area contributed by atoms with Crippen LogP contribution in [0.4, 0.5) is 14.5 Å². The molecule has 1 amide bonds. The van der Waals surface area contributed by atoms with Gasteiger partial charge >= 0.3 is 0 Å². The van der Waals surface area contributed by atoms with Crippen LogP contribution in [-0.4, -0.2) is 45.1 Å². The van der Waals surface area contributed by atoms with Gasteiger partial charge in [0.15, 0.2) is 11.6 Å². The van der Waals surface area contributed by atoms with Crippen LogP contribution in [0.1, 0.15) is 25.7 Å². The lowest BCUT2D eigenvalue weighted by molar-refractivity contribution is -0.129. The largest absolute Gasteiger partial charge is 0.341 e. The number of halogens is 2. The number of carbonyl (C=O) groups is 1. The van der Waals surface area contributed by atoms with Crippen molar-refractivity contribution in [1.82, 2.24) is 4.90 Å². The first-order valence-electron chi connectivity index (χ1n) is 7.49. The molecule has 1 fully saturated rings. The van der Waals surface area contributed by atoms with Gasteiger partial charge in [-0.25, -0.2) is 17.2 Å². The average molecular weight is 346 g/mol. The Morgan fingerprint density at radius 2 is 1.74 bits per heavy atom. The topological polar surface area (TPSA) is 57.7 Å². The molecule has 0 aromatic heterocycles. The Kier molecular flexibility index (Phi) is 5.56. The number of hydrogen-bond acceptors (Lipinski definition) is 3. The number of sulfonamides is 1. The fraction of sp³-hybridized carbons (Fsp3) is 0.533. The molecule has 1 heterocycles. The van der Waals surface area contributed by atoms with Gasteiger partial charge in [0, 0.05) is 19.2 Å². The molecule has 0 radical (unpaired) electrons. The summed E-state index contributed by atoms with van der Waals surface area (Å²) >= 11 is 0. The highest BCUT2D eigenvalue weighted by Crippen LogP contribution is 2.21. The molecule has 0 saturated carbocycles. The van der Waals surface area contributed by atoms with Crippen molar-refractivity contribution in [3.05, 3.63) is 29.8 Å². The zero-order valence-corrected chi connectivity index (χ0v) is 13.8. The van der Waals surface area contributed by atoms with E-state index in [1.807, 2.05) is 0 Å². The third-order valence-corrected chi connectivity index (χ3v) is 4.97. The minimum absolute atomic E-state index is 0.0606. The van der Waals surface area contributed by atoms with E-state index in [1.165, 1.54) is 0 Å². The van der Waals surface area contributed by atoms with E-state index in [0.717, 1.165) is 54.4 Å². The lowest BCUT2D eigenvalue weighted by Gasteiger charge is -2.26. The molecule has 0 atom stereocenters. The van der Waals surface area contributed by atoms with Crippen LogP contribution in [0, 0.1) is 11.6 Å². The maximum Gasteiger partial charge on any atom is 0.243 e. The van der Waals surface area contributed by atoms with Crippen LogP contribution in [0.15, 0.2) is 18.2 Å². The lowest BCUT2D eigenvalue weighted by Crippen LogP contribution is -2.43. The van der Waals surface area contributed by atoms with E-state index >= 15 is 0 Å². The van der Waals surface area contributed by atoms with E-state index in [-0.39, 0.29) is 11.6 Å². The SMILES string of the molecule is CS(=O)(=O)N(CC(=O)N1CCCCCC1)c1ccc(F)c(F)c1. The minimum atomic E-state index is -3.79. The molecule has 0 unspecified atom stereocenters.